The standard InChI is InChI=1S/C19H20F3N3O/c20-14-6-4-13(5-7-14)17-16(12-2-1-3-12)18(25-24-17)23-15(26)8-11-9-19(21,22)10-11/h4-7,11-12H,1-3,8-10H2,(H2,23,24,25,26). The van der Waals surface area contributed by atoms with Gasteiger partial charge in [-0.25, -0.2) is 13.2 Å². The maximum atomic E-state index is 13.2. The molecule has 2 N–H and O–H groups in total. The average Bonchev–Trinajstić information content (AvgIpc) is 2.88. The number of hydrogen-bond acceptors (Lipinski definition) is 2. The second-order valence-corrected chi connectivity index (χ2v) is 7.38. The summed E-state index contributed by atoms with van der Waals surface area (Å²) in [5.74, 6) is -2.74. The molecule has 4 nitrogen and oxygen atoms in total. The molecular formula is C19H20F3N3O. The van der Waals surface area contributed by atoms with Gasteiger partial charge in [0.05, 0.1) is 5.69 Å². The first-order chi connectivity index (χ1) is 12.4. The molecule has 0 bridgehead atoms. The molecule has 2 fully saturated rings. The maximum Gasteiger partial charge on any atom is 0.248 e. The minimum absolute atomic E-state index is 0.0818. The van der Waals surface area contributed by atoms with Crippen LogP contribution >= 0.6 is 0 Å². The Kier molecular flexibility index (Phi) is 4.25. The van der Waals surface area contributed by atoms with Gasteiger partial charge in [0.1, 0.15) is 5.82 Å². The van der Waals surface area contributed by atoms with E-state index in [4.69, 9.17) is 0 Å². The van der Waals surface area contributed by atoms with E-state index in [1.807, 2.05) is 0 Å². The molecule has 1 heterocycles. The summed E-state index contributed by atoms with van der Waals surface area (Å²) in [5, 5.41) is 9.98. The Morgan fingerprint density at radius 3 is 2.50 bits per heavy atom. The largest absolute Gasteiger partial charge is 0.309 e. The Morgan fingerprint density at radius 1 is 1.23 bits per heavy atom. The topological polar surface area (TPSA) is 57.8 Å². The number of aromatic amines is 1. The van der Waals surface area contributed by atoms with Gasteiger partial charge in [-0.2, -0.15) is 5.10 Å². The summed E-state index contributed by atoms with van der Waals surface area (Å²) in [6.07, 6.45) is 2.76. The summed E-state index contributed by atoms with van der Waals surface area (Å²) in [6.45, 7) is 0. The number of anilines is 1. The zero-order valence-electron chi connectivity index (χ0n) is 14.2. The second-order valence-electron chi connectivity index (χ2n) is 7.38. The highest BCUT2D eigenvalue weighted by molar-refractivity contribution is 5.92. The number of carbonyl (C=O) groups excluding carboxylic acids is 1. The van der Waals surface area contributed by atoms with Gasteiger partial charge in [-0.3, -0.25) is 9.89 Å². The summed E-state index contributed by atoms with van der Waals surface area (Å²) >= 11 is 0. The fraction of sp³-hybridized carbons (Fsp3) is 0.474. The van der Waals surface area contributed by atoms with Crippen LogP contribution in [0.5, 0.6) is 0 Å². The van der Waals surface area contributed by atoms with Gasteiger partial charge >= 0.3 is 0 Å². The van der Waals surface area contributed by atoms with Gasteiger partial charge in [-0.1, -0.05) is 6.42 Å². The molecule has 1 aromatic carbocycles. The molecule has 0 saturated heterocycles. The minimum Gasteiger partial charge on any atom is -0.309 e. The first-order valence-corrected chi connectivity index (χ1v) is 8.93. The van der Waals surface area contributed by atoms with Crippen molar-refractivity contribution in [2.45, 2.75) is 50.4 Å². The van der Waals surface area contributed by atoms with Crippen molar-refractivity contribution in [3.8, 4) is 11.3 Å². The highest BCUT2D eigenvalue weighted by Gasteiger charge is 2.45. The van der Waals surface area contributed by atoms with Crippen molar-refractivity contribution in [1.29, 1.82) is 0 Å². The van der Waals surface area contributed by atoms with E-state index in [2.05, 4.69) is 15.5 Å². The number of benzene rings is 1. The third-order valence-electron chi connectivity index (χ3n) is 5.36. The lowest BCUT2D eigenvalue weighted by Gasteiger charge is -2.34. The number of hydrogen-bond donors (Lipinski definition) is 2. The van der Waals surface area contributed by atoms with Gasteiger partial charge in [-0.15, -0.1) is 0 Å². The molecule has 0 atom stereocenters. The number of rotatable bonds is 5. The van der Waals surface area contributed by atoms with Crippen LogP contribution in [0.25, 0.3) is 11.3 Å². The Labute approximate surface area is 149 Å². The van der Waals surface area contributed by atoms with Crippen LogP contribution in [-0.4, -0.2) is 22.0 Å². The predicted molar refractivity (Wildman–Crippen MR) is 91.5 cm³/mol. The first-order valence-electron chi connectivity index (χ1n) is 8.93. The molecule has 138 valence electrons. The van der Waals surface area contributed by atoms with E-state index >= 15 is 0 Å². The van der Waals surface area contributed by atoms with Crippen LogP contribution in [0.3, 0.4) is 0 Å². The van der Waals surface area contributed by atoms with Crippen LogP contribution in [0.1, 0.15) is 50.0 Å². The van der Waals surface area contributed by atoms with Crippen molar-refractivity contribution >= 4 is 11.7 Å². The van der Waals surface area contributed by atoms with E-state index in [0.29, 0.717) is 5.82 Å². The summed E-state index contributed by atoms with van der Waals surface area (Å²) in [7, 11) is 0. The van der Waals surface area contributed by atoms with Gasteiger partial charge < -0.3 is 5.32 Å². The maximum absolute atomic E-state index is 13.2. The molecule has 1 aromatic heterocycles. The van der Waals surface area contributed by atoms with Crippen molar-refractivity contribution < 1.29 is 18.0 Å². The monoisotopic (exact) mass is 363 g/mol. The second kappa shape index (κ2) is 6.45. The molecule has 7 heteroatoms. The van der Waals surface area contributed by atoms with Crippen LogP contribution in [0.4, 0.5) is 19.0 Å². The molecule has 0 unspecified atom stereocenters. The first kappa shape index (κ1) is 17.1. The van der Waals surface area contributed by atoms with Crippen molar-refractivity contribution in [1.82, 2.24) is 10.2 Å². The number of carbonyl (C=O) groups is 1. The minimum atomic E-state index is -2.62. The number of H-pyrrole nitrogens is 1. The number of halogens is 3. The highest BCUT2D eigenvalue weighted by Crippen LogP contribution is 2.45. The van der Waals surface area contributed by atoms with Crippen molar-refractivity contribution in [3.05, 3.63) is 35.6 Å². The van der Waals surface area contributed by atoms with E-state index in [9.17, 15) is 18.0 Å². The van der Waals surface area contributed by atoms with Gasteiger partial charge in [-0.05, 0) is 48.9 Å². The lowest BCUT2D eigenvalue weighted by molar-refractivity contribution is -0.129. The molecule has 2 aromatic rings. The third kappa shape index (κ3) is 3.34. The van der Waals surface area contributed by atoms with Crippen molar-refractivity contribution in [3.63, 3.8) is 0 Å². The third-order valence-corrected chi connectivity index (χ3v) is 5.36. The van der Waals surface area contributed by atoms with Gasteiger partial charge in [0.2, 0.25) is 11.8 Å². The van der Waals surface area contributed by atoms with Crippen LogP contribution in [0.2, 0.25) is 0 Å². The van der Waals surface area contributed by atoms with Crippen LogP contribution < -0.4 is 5.32 Å². The normalized spacial score (nSPS) is 19.7. The fourth-order valence-electron chi connectivity index (χ4n) is 3.75. The molecule has 0 aliphatic heterocycles. The van der Waals surface area contributed by atoms with Crippen LogP contribution in [-0.2, 0) is 4.79 Å². The predicted octanol–water partition coefficient (Wildman–Crippen LogP) is 4.86. The van der Waals surface area contributed by atoms with Crippen LogP contribution in [0.15, 0.2) is 24.3 Å². The van der Waals surface area contributed by atoms with E-state index in [1.54, 1.807) is 12.1 Å². The van der Waals surface area contributed by atoms with Crippen molar-refractivity contribution in [2.24, 2.45) is 5.92 Å². The number of aromatic nitrogens is 2. The van der Waals surface area contributed by atoms with E-state index in [-0.39, 0.29) is 42.8 Å². The average molecular weight is 363 g/mol. The molecular weight excluding hydrogens is 343 g/mol. The molecule has 26 heavy (non-hydrogen) atoms. The summed E-state index contributed by atoms with van der Waals surface area (Å²) in [4.78, 5) is 12.2. The van der Waals surface area contributed by atoms with Gasteiger partial charge in [0, 0.05) is 30.4 Å². The number of alkyl halides is 2. The number of amides is 1. The molecule has 4 rings (SSSR count). The van der Waals surface area contributed by atoms with E-state index in [1.165, 1.54) is 12.1 Å². The zero-order valence-corrected chi connectivity index (χ0v) is 14.2. The molecule has 0 spiro atoms. The van der Waals surface area contributed by atoms with E-state index in [0.717, 1.165) is 36.1 Å². The summed E-state index contributed by atoms with van der Waals surface area (Å²) in [6, 6.07) is 6.12. The van der Waals surface area contributed by atoms with Crippen molar-refractivity contribution in [2.75, 3.05) is 5.32 Å². The Bertz CT molecular complexity index is 804. The van der Waals surface area contributed by atoms with Crippen LogP contribution in [0, 0.1) is 11.7 Å². The highest BCUT2D eigenvalue weighted by atomic mass is 19.3. The molecule has 2 aliphatic carbocycles. The SMILES string of the molecule is O=C(CC1CC(F)(F)C1)Nc1n[nH]c(-c2ccc(F)cc2)c1C1CCC1. The summed E-state index contributed by atoms with van der Waals surface area (Å²) in [5.41, 5.74) is 2.51. The lowest BCUT2D eigenvalue weighted by atomic mass is 9.78. The Morgan fingerprint density at radius 2 is 1.92 bits per heavy atom. The number of nitrogens with zero attached hydrogens (tertiary/aromatic N) is 1. The Hall–Kier alpha value is -2.31. The fourth-order valence-corrected chi connectivity index (χ4v) is 3.75. The summed E-state index contributed by atoms with van der Waals surface area (Å²) < 4.78 is 39.1. The lowest BCUT2D eigenvalue weighted by Crippen LogP contribution is -2.37. The molecule has 0 radical (unpaired) electrons. The number of nitrogens with one attached hydrogen (secondary N) is 2. The molecule has 1 amide bonds. The smallest absolute Gasteiger partial charge is 0.248 e. The Balaban J connectivity index is 1.52. The van der Waals surface area contributed by atoms with E-state index < -0.39 is 5.92 Å². The van der Waals surface area contributed by atoms with Gasteiger partial charge in [0.15, 0.2) is 5.82 Å². The van der Waals surface area contributed by atoms with Gasteiger partial charge in [0.25, 0.3) is 0 Å². The molecule has 2 saturated carbocycles. The molecule has 2 aliphatic rings. The quantitative estimate of drug-likeness (QED) is 0.797. The zero-order chi connectivity index (χ0) is 18.3.